The normalized spacial score (nSPS) is 10.8. The van der Waals surface area contributed by atoms with Crippen molar-refractivity contribution >= 4 is 34.8 Å². The van der Waals surface area contributed by atoms with Crippen LogP contribution in [0.25, 0.3) is 12.2 Å². The molecule has 0 spiro atoms. The lowest BCUT2D eigenvalue weighted by molar-refractivity contribution is 0.935. The molecule has 0 bridgehead atoms. The maximum Gasteiger partial charge on any atom is 0.0267 e. The molecular weight excluding hydrogens is 352 g/mol. The Labute approximate surface area is 165 Å². The van der Waals surface area contributed by atoms with E-state index in [1.807, 2.05) is 34.8 Å². The van der Waals surface area contributed by atoms with Crippen molar-refractivity contribution in [2.24, 2.45) is 0 Å². The second kappa shape index (κ2) is 8.66. The summed E-state index contributed by atoms with van der Waals surface area (Å²) in [5, 5.41) is 0. The van der Waals surface area contributed by atoms with E-state index in [1.165, 1.54) is 41.8 Å². The van der Waals surface area contributed by atoms with E-state index < -0.39 is 0 Å². The summed E-state index contributed by atoms with van der Waals surface area (Å²) in [6.45, 7) is 12.2. The Morgan fingerprint density at radius 1 is 0.692 bits per heavy atom. The van der Waals surface area contributed by atoms with Gasteiger partial charge in [-0.3, -0.25) is 0 Å². The fraction of sp³-hybridized carbons (Fsp3) is 0.250. The molecule has 0 aliphatic rings. The van der Waals surface area contributed by atoms with E-state index in [2.05, 4.69) is 63.4 Å². The number of aryl methyl sites for hydroxylation is 6. The van der Waals surface area contributed by atoms with E-state index in [4.69, 9.17) is 0 Å². The van der Waals surface area contributed by atoms with Crippen LogP contribution in [0.4, 0.5) is 0 Å². The third-order valence-corrected chi connectivity index (χ3v) is 7.12. The van der Waals surface area contributed by atoms with Gasteiger partial charge in [0.25, 0.3) is 0 Å². The third-order valence-electron chi connectivity index (χ3n) is 4.84. The molecule has 3 aromatic rings. The molecule has 2 heteroatoms. The summed E-state index contributed by atoms with van der Waals surface area (Å²) in [5.41, 5.74) is 5.79. The minimum Gasteiger partial charge on any atom is -0.141 e. The largest absolute Gasteiger partial charge is 0.141 e. The predicted octanol–water partition coefficient (Wildman–Crippen LogP) is 7.28. The zero-order valence-corrected chi connectivity index (χ0v) is 17.3. The van der Waals surface area contributed by atoms with Crippen LogP contribution < -0.4 is 0 Å². The summed E-state index contributed by atoms with van der Waals surface area (Å²) in [6, 6.07) is 13.6. The highest BCUT2D eigenvalue weighted by molar-refractivity contribution is 7.13. The molecule has 0 saturated heterocycles. The highest BCUT2D eigenvalue weighted by atomic mass is 32.1. The molecule has 0 saturated carbocycles. The zero-order chi connectivity index (χ0) is 18.5. The van der Waals surface area contributed by atoms with Gasteiger partial charge in [-0.15, -0.1) is 22.7 Å². The maximum atomic E-state index is 3.85. The maximum absolute atomic E-state index is 3.85. The number of hydrogen-bond donors (Lipinski definition) is 0. The molecule has 0 radical (unpaired) electrons. The average molecular weight is 379 g/mol. The van der Waals surface area contributed by atoms with Crippen molar-refractivity contribution in [1.29, 1.82) is 0 Å². The van der Waals surface area contributed by atoms with Crippen LogP contribution in [0.1, 0.15) is 41.8 Å². The molecule has 0 aliphatic carbocycles. The van der Waals surface area contributed by atoms with Gasteiger partial charge < -0.3 is 0 Å². The molecule has 0 fully saturated rings. The zero-order valence-electron chi connectivity index (χ0n) is 15.7. The van der Waals surface area contributed by atoms with E-state index in [-0.39, 0.29) is 0 Å². The van der Waals surface area contributed by atoms with Gasteiger partial charge in [0.15, 0.2) is 0 Å². The first-order valence-corrected chi connectivity index (χ1v) is 10.7. The highest BCUT2D eigenvalue weighted by Gasteiger charge is 2.07. The van der Waals surface area contributed by atoms with Gasteiger partial charge in [-0.05, 0) is 86.1 Å². The Morgan fingerprint density at radius 3 is 1.46 bits per heavy atom. The van der Waals surface area contributed by atoms with E-state index in [1.54, 1.807) is 0 Å². The minimum absolute atomic E-state index is 1.11. The number of hydrogen-bond acceptors (Lipinski definition) is 2. The Kier molecular flexibility index (Phi) is 6.29. The third kappa shape index (κ3) is 4.63. The van der Waals surface area contributed by atoms with Crippen molar-refractivity contribution in [1.82, 2.24) is 0 Å². The Hall–Kier alpha value is -1.90. The first-order valence-electron chi connectivity index (χ1n) is 9.10. The molecule has 2 aromatic heterocycles. The Bertz CT molecular complexity index is 832. The van der Waals surface area contributed by atoms with Crippen molar-refractivity contribution < 1.29 is 0 Å². The van der Waals surface area contributed by atoms with Gasteiger partial charge in [-0.1, -0.05) is 37.4 Å². The summed E-state index contributed by atoms with van der Waals surface area (Å²) in [5.74, 6) is 0. The number of benzene rings is 1. The first kappa shape index (κ1) is 18.9. The van der Waals surface area contributed by atoms with Gasteiger partial charge >= 0.3 is 0 Å². The Balaban J connectivity index is 1.65. The molecular formula is C24H26S2. The first-order chi connectivity index (χ1) is 12.6. The van der Waals surface area contributed by atoms with Crippen LogP contribution in [-0.4, -0.2) is 0 Å². The number of rotatable bonds is 8. The standard InChI is InChI=1S/C24H26S2/c1-5-21-11-13-23(25-21)9-7-19-15-18(4)20(16-17(19)3)8-10-24-14-12-22(6-2)26-24/h5-6,11-16H,1-2,7-10H2,3-4H3. The lowest BCUT2D eigenvalue weighted by Crippen LogP contribution is -1.99. The van der Waals surface area contributed by atoms with E-state index in [0.717, 1.165) is 25.7 Å². The molecule has 0 amide bonds. The molecule has 0 unspecified atom stereocenters. The van der Waals surface area contributed by atoms with Crippen LogP contribution in [0.15, 0.2) is 49.6 Å². The number of thiophene rings is 2. The smallest absolute Gasteiger partial charge is 0.0267 e. The van der Waals surface area contributed by atoms with Crippen LogP contribution >= 0.6 is 22.7 Å². The fourth-order valence-electron chi connectivity index (χ4n) is 3.27. The molecule has 2 heterocycles. The molecule has 0 aliphatic heterocycles. The van der Waals surface area contributed by atoms with Crippen molar-refractivity contribution in [3.63, 3.8) is 0 Å². The lowest BCUT2D eigenvalue weighted by Gasteiger charge is -2.12. The summed E-state index contributed by atoms with van der Waals surface area (Å²) >= 11 is 3.70. The van der Waals surface area contributed by atoms with Crippen LogP contribution in [0.2, 0.25) is 0 Å². The van der Waals surface area contributed by atoms with E-state index >= 15 is 0 Å². The minimum atomic E-state index is 1.11. The molecule has 26 heavy (non-hydrogen) atoms. The second-order valence-corrected chi connectivity index (χ2v) is 9.12. The second-order valence-electron chi connectivity index (χ2n) is 6.72. The van der Waals surface area contributed by atoms with Crippen LogP contribution in [0, 0.1) is 13.8 Å². The van der Waals surface area contributed by atoms with Crippen LogP contribution in [-0.2, 0) is 25.7 Å². The molecule has 134 valence electrons. The lowest BCUT2D eigenvalue weighted by atomic mass is 9.94. The average Bonchev–Trinajstić information content (AvgIpc) is 3.29. The topological polar surface area (TPSA) is 0 Å². The predicted molar refractivity (Wildman–Crippen MR) is 120 cm³/mol. The van der Waals surface area contributed by atoms with E-state index in [0.29, 0.717) is 0 Å². The molecule has 1 aromatic carbocycles. The van der Waals surface area contributed by atoms with Gasteiger partial charge in [0.05, 0.1) is 0 Å². The summed E-state index contributed by atoms with van der Waals surface area (Å²) in [4.78, 5) is 5.40. The Morgan fingerprint density at radius 2 is 1.12 bits per heavy atom. The monoisotopic (exact) mass is 378 g/mol. The highest BCUT2D eigenvalue weighted by Crippen LogP contribution is 2.24. The van der Waals surface area contributed by atoms with Crippen LogP contribution in [0.5, 0.6) is 0 Å². The van der Waals surface area contributed by atoms with Gasteiger partial charge in [0.1, 0.15) is 0 Å². The van der Waals surface area contributed by atoms with Crippen LogP contribution in [0.3, 0.4) is 0 Å². The van der Waals surface area contributed by atoms with Gasteiger partial charge in [-0.25, -0.2) is 0 Å². The SMILES string of the molecule is C=Cc1ccc(CCc2cc(C)c(CCc3ccc(C=C)s3)cc2C)s1. The van der Waals surface area contributed by atoms with Crippen molar-refractivity contribution in [2.75, 3.05) is 0 Å². The summed E-state index contributed by atoms with van der Waals surface area (Å²) in [7, 11) is 0. The quantitative estimate of drug-likeness (QED) is 0.386. The van der Waals surface area contributed by atoms with Crippen molar-refractivity contribution in [3.05, 3.63) is 91.3 Å². The fourth-order valence-corrected chi connectivity index (χ4v) is 4.99. The molecule has 0 nitrogen and oxygen atoms in total. The molecule has 3 rings (SSSR count). The van der Waals surface area contributed by atoms with Gasteiger partial charge in [0.2, 0.25) is 0 Å². The molecule has 0 atom stereocenters. The van der Waals surface area contributed by atoms with Gasteiger partial charge in [-0.2, -0.15) is 0 Å². The van der Waals surface area contributed by atoms with Crippen molar-refractivity contribution in [3.8, 4) is 0 Å². The summed E-state index contributed by atoms with van der Waals surface area (Å²) < 4.78 is 0. The van der Waals surface area contributed by atoms with E-state index in [9.17, 15) is 0 Å². The summed E-state index contributed by atoms with van der Waals surface area (Å²) in [6.07, 6.45) is 8.30. The van der Waals surface area contributed by atoms with Gasteiger partial charge in [0, 0.05) is 19.5 Å². The molecule has 0 N–H and O–H groups in total. The van der Waals surface area contributed by atoms with Crippen molar-refractivity contribution in [2.45, 2.75) is 39.5 Å².